The minimum Gasteiger partial charge on any atom is -0.380 e. The van der Waals surface area contributed by atoms with E-state index in [0.717, 1.165) is 17.2 Å². The van der Waals surface area contributed by atoms with Gasteiger partial charge >= 0.3 is 0 Å². The van der Waals surface area contributed by atoms with Gasteiger partial charge in [0.05, 0.1) is 4.92 Å². The molecule has 20 heavy (non-hydrogen) atoms. The van der Waals surface area contributed by atoms with Crippen LogP contribution in [0.2, 0.25) is 0 Å². The molecule has 0 aromatic heterocycles. The second-order valence-corrected chi connectivity index (χ2v) is 6.29. The van der Waals surface area contributed by atoms with Gasteiger partial charge in [0.2, 0.25) is 0 Å². The quantitative estimate of drug-likeness (QED) is 0.596. The highest BCUT2D eigenvalue weighted by atomic mass is 32.2. The van der Waals surface area contributed by atoms with Crippen LogP contribution in [0.25, 0.3) is 0 Å². The smallest absolute Gasteiger partial charge is 0.292 e. The van der Waals surface area contributed by atoms with Crippen LogP contribution in [0.4, 0.5) is 11.4 Å². The number of anilines is 1. The second kappa shape index (κ2) is 7.53. The normalized spacial score (nSPS) is 15.4. The first-order chi connectivity index (χ1) is 9.72. The van der Waals surface area contributed by atoms with Crippen molar-refractivity contribution in [2.24, 2.45) is 5.92 Å². The number of benzene rings is 1. The fourth-order valence-corrected chi connectivity index (χ4v) is 4.00. The fourth-order valence-electron chi connectivity index (χ4n) is 2.75. The number of rotatable bonds is 7. The van der Waals surface area contributed by atoms with Crippen LogP contribution < -0.4 is 5.32 Å². The molecule has 1 aromatic carbocycles. The number of nitrogens with zero attached hydrogens (tertiary/aromatic N) is 1. The highest BCUT2D eigenvalue weighted by Gasteiger charge is 2.18. The monoisotopic (exact) mass is 294 g/mol. The Morgan fingerprint density at radius 2 is 2.15 bits per heavy atom. The molecular formula is C15H22N2O2S. The molecule has 1 fully saturated rings. The van der Waals surface area contributed by atoms with Crippen LogP contribution >= 0.6 is 11.8 Å². The zero-order chi connectivity index (χ0) is 14.4. The second-order valence-electron chi connectivity index (χ2n) is 5.26. The van der Waals surface area contributed by atoms with Crippen LogP contribution in [0, 0.1) is 16.0 Å². The number of nitrogens with one attached hydrogen (secondary N) is 1. The molecule has 0 heterocycles. The highest BCUT2D eigenvalue weighted by Crippen LogP contribution is 2.33. The van der Waals surface area contributed by atoms with Gasteiger partial charge in [-0.05, 0) is 37.0 Å². The number of para-hydroxylation sites is 1. The van der Waals surface area contributed by atoms with Gasteiger partial charge in [-0.15, -0.1) is 0 Å². The van der Waals surface area contributed by atoms with Gasteiger partial charge in [0.25, 0.3) is 5.69 Å². The summed E-state index contributed by atoms with van der Waals surface area (Å²) in [7, 11) is 0. The molecule has 0 radical (unpaired) electrons. The lowest BCUT2D eigenvalue weighted by Gasteiger charge is -2.12. The maximum atomic E-state index is 11.1. The first kappa shape index (κ1) is 15.2. The maximum Gasteiger partial charge on any atom is 0.292 e. The van der Waals surface area contributed by atoms with Gasteiger partial charge in [-0.3, -0.25) is 10.1 Å². The van der Waals surface area contributed by atoms with Crippen molar-refractivity contribution in [2.75, 3.05) is 17.6 Å². The van der Waals surface area contributed by atoms with Gasteiger partial charge in [-0.1, -0.05) is 25.0 Å². The molecule has 0 saturated heterocycles. The van der Waals surface area contributed by atoms with E-state index in [-0.39, 0.29) is 10.6 Å². The van der Waals surface area contributed by atoms with Gasteiger partial charge < -0.3 is 5.32 Å². The molecule has 0 spiro atoms. The Morgan fingerprint density at radius 1 is 1.40 bits per heavy atom. The van der Waals surface area contributed by atoms with Crippen molar-refractivity contribution in [3.05, 3.63) is 33.9 Å². The molecule has 0 atom stereocenters. The van der Waals surface area contributed by atoms with Gasteiger partial charge in [0.1, 0.15) is 5.69 Å². The van der Waals surface area contributed by atoms with E-state index in [4.69, 9.17) is 0 Å². The summed E-state index contributed by atoms with van der Waals surface area (Å²) in [6.07, 6.45) is 5.43. The van der Waals surface area contributed by atoms with Crippen LogP contribution in [-0.2, 0) is 5.75 Å². The van der Waals surface area contributed by atoms with Crippen LogP contribution in [0.5, 0.6) is 0 Å². The first-order valence-electron chi connectivity index (χ1n) is 7.30. The molecule has 4 nitrogen and oxygen atoms in total. The van der Waals surface area contributed by atoms with Crippen molar-refractivity contribution in [1.29, 1.82) is 0 Å². The third kappa shape index (κ3) is 3.88. The van der Waals surface area contributed by atoms with Crippen molar-refractivity contribution in [1.82, 2.24) is 0 Å². The summed E-state index contributed by atoms with van der Waals surface area (Å²) >= 11 is 1.90. The largest absolute Gasteiger partial charge is 0.380 e. The minimum atomic E-state index is -0.302. The third-order valence-electron chi connectivity index (χ3n) is 3.76. The van der Waals surface area contributed by atoms with E-state index in [9.17, 15) is 10.1 Å². The van der Waals surface area contributed by atoms with E-state index in [2.05, 4.69) is 5.32 Å². The average Bonchev–Trinajstić information content (AvgIpc) is 2.93. The Hall–Kier alpha value is -1.23. The molecule has 0 unspecified atom stereocenters. The summed E-state index contributed by atoms with van der Waals surface area (Å²) in [5.41, 5.74) is 1.92. The maximum absolute atomic E-state index is 11.1. The van der Waals surface area contributed by atoms with Crippen LogP contribution in [0.15, 0.2) is 18.2 Å². The molecule has 1 aromatic rings. The van der Waals surface area contributed by atoms with E-state index in [1.165, 1.54) is 31.4 Å². The van der Waals surface area contributed by atoms with Crippen LogP contribution in [0.3, 0.4) is 0 Å². The number of thioether (sulfide) groups is 1. The Kier molecular flexibility index (Phi) is 5.71. The fraction of sp³-hybridized carbons (Fsp3) is 0.600. The third-order valence-corrected chi connectivity index (χ3v) is 4.99. The molecule has 1 aliphatic rings. The Morgan fingerprint density at radius 3 is 2.80 bits per heavy atom. The Bertz CT molecular complexity index is 459. The van der Waals surface area contributed by atoms with Gasteiger partial charge in [-0.25, -0.2) is 0 Å². The van der Waals surface area contributed by atoms with Crippen molar-refractivity contribution < 1.29 is 4.92 Å². The van der Waals surface area contributed by atoms with Gasteiger partial charge in [0.15, 0.2) is 0 Å². The number of nitro groups is 1. The molecular weight excluding hydrogens is 272 g/mol. The summed E-state index contributed by atoms with van der Waals surface area (Å²) in [5, 5.41) is 14.2. The molecule has 1 N–H and O–H groups in total. The van der Waals surface area contributed by atoms with Crippen molar-refractivity contribution in [3.8, 4) is 0 Å². The van der Waals surface area contributed by atoms with Crippen LogP contribution in [0.1, 0.15) is 38.2 Å². The van der Waals surface area contributed by atoms with E-state index in [1.807, 2.05) is 24.8 Å². The van der Waals surface area contributed by atoms with Crippen LogP contribution in [-0.4, -0.2) is 17.2 Å². The van der Waals surface area contributed by atoms with Crippen molar-refractivity contribution in [3.63, 3.8) is 0 Å². The van der Waals surface area contributed by atoms with E-state index in [1.54, 1.807) is 12.1 Å². The van der Waals surface area contributed by atoms with Crippen molar-refractivity contribution in [2.45, 2.75) is 38.4 Å². The lowest BCUT2D eigenvalue weighted by molar-refractivity contribution is -0.384. The lowest BCUT2D eigenvalue weighted by Crippen LogP contribution is -2.05. The number of hydrogen-bond donors (Lipinski definition) is 1. The SMILES string of the molecule is CCNc1c(CSCC2CCCC2)cccc1[N+](=O)[O-]. The number of nitro benzene ring substituents is 1. The molecule has 110 valence electrons. The molecule has 0 amide bonds. The predicted octanol–water partition coefficient (Wildman–Crippen LogP) is 4.45. The first-order valence-corrected chi connectivity index (χ1v) is 8.45. The molecule has 2 rings (SSSR count). The summed E-state index contributed by atoms with van der Waals surface area (Å²) in [6, 6.07) is 5.35. The van der Waals surface area contributed by atoms with E-state index in [0.29, 0.717) is 12.2 Å². The zero-order valence-electron chi connectivity index (χ0n) is 11.9. The predicted molar refractivity (Wildman–Crippen MR) is 85.4 cm³/mol. The Labute approximate surface area is 124 Å². The molecule has 0 bridgehead atoms. The Balaban J connectivity index is 2.01. The van der Waals surface area contributed by atoms with E-state index >= 15 is 0 Å². The number of hydrogen-bond acceptors (Lipinski definition) is 4. The molecule has 0 aliphatic heterocycles. The standard InChI is InChI=1S/C15H22N2O2S/c1-2-16-15-13(8-5-9-14(15)17(18)19)11-20-10-12-6-3-4-7-12/h5,8-9,12,16H,2-4,6-7,10-11H2,1H3. The van der Waals surface area contributed by atoms with Crippen molar-refractivity contribution >= 4 is 23.1 Å². The van der Waals surface area contributed by atoms with Gasteiger partial charge in [0, 0.05) is 18.4 Å². The lowest BCUT2D eigenvalue weighted by atomic mass is 10.1. The topological polar surface area (TPSA) is 55.2 Å². The highest BCUT2D eigenvalue weighted by molar-refractivity contribution is 7.98. The zero-order valence-corrected chi connectivity index (χ0v) is 12.7. The minimum absolute atomic E-state index is 0.186. The summed E-state index contributed by atoms with van der Waals surface area (Å²) in [6.45, 7) is 2.66. The molecule has 1 saturated carbocycles. The van der Waals surface area contributed by atoms with E-state index < -0.39 is 0 Å². The molecule has 5 heteroatoms. The molecule has 1 aliphatic carbocycles. The van der Waals surface area contributed by atoms with Gasteiger partial charge in [-0.2, -0.15) is 11.8 Å². The average molecular weight is 294 g/mol. The summed E-state index contributed by atoms with van der Waals surface area (Å²) in [5.74, 6) is 2.87. The summed E-state index contributed by atoms with van der Waals surface area (Å²) in [4.78, 5) is 10.8. The summed E-state index contributed by atoms with van der Waals surface area (Å²) < 4.78 is 0.